The van der Waals surface area contributed by atoms with Crippen molar-refractivity contribution in [2.45, 2.75) is 80.1 Å². The Morgan fingerprint density at radius 2 is 0.468 bits per heavy atom. The van der Waals surface area contributed by atoms with E-state index in [1.807, 2.05) is 0 Å². The minimum absolute atomic E-state index is 0.718. The molecule has 0 amide bonds. The van der Waals surface area contributed by atoms with Gasteiger partial charge in [-0.15, -0.1) is 0 Å². The summed E-state index contributed by atoms with van der Waals surface area (Å²) >= 11 is 0. The molecule has 0 N–H and O–H groups in total. The van der Waals surface area contributed by atoms with Crippen LogP contribution in [0, 0.1) is 0 Å². The number of aryl methyl sites for hydroxylation is 3. The maximum absolute atomic E-state index is 19.5. The van der Waals surface area contributed by atoms with Crippen LogP contribution >= 0.6 is 28.3 Å². The van der Waals surface area contributed by atoms with Crippen LogP contribution in [-0.4, -0.2) is 20.0 Å². The molecule has 0 aliphatic carbocycles. The second-order valence-corrected chi connectivity index (χ2v) is 37.1. The van der Waals surface area contributed by atoms with E-state index in [0.717, 1.165) is 86.3 Å². The molecule has 398 valence electrons. The Morgan fingerprint density at radius 3 is 0.636 bits per heavy atom. The molecule has 0 aromatic heterocycles. The van der Waals surface area contributed by atoms with Gasteiger partial charge in [-0.3, -0.25) is 0 Å². The zero-order valence-electron chi connectivity index (χ0n) is 46.7. The van der Waals surface area contributed by atoms with Crippen LogP contribution in [0.25, 0.3) is 0 Å². The molecule has 0 fully saturated rings. The fraction of sp³-hybridized carbons (Fsp3) is 0.217. The summed E-state index contributed by atoms with van der Waals surface area (Å²) in [7, 11) is -5.26. The minimum atomic E-state index is -5.26. The molecule has 9 aromatic rings. The molecule has 0 saturated heterocycles. The summed E-state index contributed by atoms with van der Waals surface area (Å²) < 4.78 is 45.8. The van der Waals surface area contributed by atoms with Gasteiger partial charge in [-0.1, -0.05) is 0 Å². The molecule has 0 atom stereocenters. The quantitative estimate of drug-likeness (QED) is 0.0673. The van der Waals surface area contributed by atoms with Gasteiger partial charge in [0.2, 0.25) is 0 Å². The van der Waals surface area contributed by atoms with Gasteiger partial charge in [-0.2, -0.15) is 0 Å². The molecular formula is C69H78O4P4. The van der Waals surface area contributed by atoms with Gasteiger partial charge in [0, 0.05) is 0 Å². The summed E-state index contributed by atoms with van der Waals surface area (Å²) in [5.41, 5.74) is 7.15. The van der Waals surface area contributed by atoms with Crippen LogP contribution in [0.1, 0.15) is 74.9 Å². The summed E-state index contributed by atoms with van der Waals surface area (Å²) in [6.07, 6.45) is 4.57. The van der Waals surface area contributed by atoms with Crippen LogP contribution in [0.2, 0.25) is 0 Å². The number of hydrogen-bond donors (Lipinski definition) is 0. The zero-order chi connectivity index (χ0) is 54.4. The van der Waals surface area contributed by atoms with E-state index in [4.69, 9.17) is 12.9 Å². The average Bonchev–Trinajstić information content (AvgIpc) is 3.61. The Labute approximate surface area is 461 Å². The molecule has 9 aromatic carbocycles. The molecule has 0 spiro atoms. The fourth-order valence-electron chi connectivity index (χ4n) is 12.8. The van der Waals surface area contributed by atoms with Crippen molar-refractivity contribution in [3.05, 3.63) is 270 Å². The zero-order valence-corrected chi connectivity index (χ0v) is 50.3. The van der Waals surface area contributed by atoms with Crippen molar-refractivity contribution in [1.82, 2.24) is 0 Å². The van der Waals surface area contributed by atoms with Gasteiger partial charge < -0.3 is 0 Å². The van der Waals surface area contributed by atoms with Crippen molar-refractivity contribution >= 4 is 76.1 Å². The van der Waals surface area contributed by atoms with Crippen LogP contribution in [-0.2, 0) is 56.0 Å². The third-order valence-electron chi connectivity index (χ3n) is 16.9. The van der Waals surface area contributed by atoms with Gasteiger partial charge in [0.05, 0.1) is 0 Å². The van der Waals surface area contributed by atoms with Gasteiger partial charge in [0.25, 0.3) is 0 Å². The standard InChI is InChI=1S/C69H78O4P4/c1-10-55-37-34-52-67(64(55)13-4)75(7,58-40-22-16-23-41-58,59-42-24-17-25-43-59)71-74(70,72-76(8,60-44-26-18-27-45-60,61-46-28-19-29-47-61)68-53-35-38-56(11-2)65(68)14-5)73-77(9,62-48-30-20-31-49-62,63-50-32-21-33-51-63)69-54-36-39-57(12-3)66(69)15-6/h16-54H,10-15H2,1-9H3. The van der Waals surface area contributed by atoms with Crippen LogP contribution in [0.15, 0.2) is 237 Å². The molecule has 0 unspecified atom stereocenters. The van der Waals surface area contributed by atoms with E-state index in [-0.39, 0.29) is 0 Å². The number of benzene rings is 9. The number of hydrogen-bond acceptors (Lipinski definition) is 4. The first-order valence-electron chi connectivity index (χ1n) is 27.7. The van der Waals surface area contributed by atoms with E-state index >= 15 is 4.57 Å². The van der Waals surface area contributed by atoms with Crippen LogP contribution in [0.3, 0.4) is 0 Å². The summed E-state index contributed by atoms with van der Waals surface area (Å²) in [6.45, 7) is 6.16. The van der Waals surface area contributed by atoms with Crippen LogP contribution in [0.4, 0.5) is 0 Å². The molecule has 0 heterocycles. The SMILES string of the molecule is CCc1cccc(P(C)(OP(=O)(OP(C)(c2ccccc2)(c2ccccc2)c2cccc(CC)c2CC)OP(C)(c2ccccc2)(c2ccccc2)c2cccc(CC)c2CC)(c2ccccc2)c2ccccc2)c1CC. The fourth-order valence-corrected chi connectivity index (χ4v) is 35.4. The normalized spacial score (nSPS) is 14.5. The summed E-state index contributed by atoms with van der Waals surface area (Å²) in [5.74, 6) is 0. The van der Waals surface area contributed by atoms with Crippen molar-refractivity contribution < 1.29 is 17.5 Å². The summed E-state index contributed by atoms with van der Waals surface area (Å²) in [4.78, 5) is 0. The van der Waals surface area contributed by atoms with Crippen molar-refractivity contribution in [3.63, 3.8) is 0 Å². The van der Waals surface area contributed by atoms with E-state index in [1.165, 1.54) is 33.4 Å². The maximum atomic E-state index is 19.5. The van der Waals surface area contributed by atoms with Crippen molar-refractivity contribution in [2.75, 3.05) is 20.0 Å². The van der Waals surface area contributed by atoms with E-state index in [0.29, 0.717) is 0 Å². The monoisotopic (exact) mass is 1090 g/mol. The van der Waals surface area contributed by atoms with E-state index < -0.39 is 28.3 Å². The van der Waals surface area contributed by atoms with Gasteiger partial charge >= 0.3 is 464 Å². The Hall–Kier alpha value is -5.62. The Kier molecular flexibility index (Phi) is 16.2. The topological polar surface area (TPSA) is 44.8 Å². The van der Waals surface area contributed by atoms with E-state index in [9.17, 15) is 0 Å². The second-order valence-electron chi connectivity index (χ2n) is 21.0. The van der Waals surface area contributed by atoms with E-state index in [2.05, 4.69) is 298 Å². The average molecular weight is 1100 g/mol. The second kappa shape index (κ2) is 22.3. The molecule has 4 nitrogen and oxygen atoms in total. The first kappa shape index (κ1) is 56.1. The van der Waals surface area contributed by atoms with Gasteiger partial charge in [0.15, 0.2) is 0 Å². The van der Waals surface area contributed by atoms with Gasteiger partial charge in [0.1, 0.15) is 0 Å². The molecule has 0 saturated carbocycles. The molecule has 0 aliphatic rings. The van der Waals surface area contributed by atoms with Crippen molar-refractivity contribution in [3.8, 4) is 0 Å². The molecule has 0 aliphatic heterocycles. The summed E-state index contributed by atoms with van der Waals surface area (Å²) in [5, 5.41) is 8.48. The third kappa shape index (κ3) is 9.18. The molecular weight excluding hydrogens is 1020 g/mol. The van der Waals surface area contributed by atoms with Crippen LogP contribution in [0.5, 0.6) is 0 Å². The van der Waals surface area contributed by atoms with Crippen molar-refractivity contribution in [2.24, 2.45) is 0 Å². The molecule has 77 heavy (non-hydrogen) atoms. The third-order valence-corrected chi connectivity index (χ3v) is 38.2. The first-order valence-corrected chi connectivity index (χ1v) is 37.0. The first-order chi connectivity index (χ1) is 37.2. The number of rotatable bonds is 21. The molecule has 8 heteroatoms. The van der Waals surface area contributed by atoms with Gasteiger partial charge in [-0.25, -0.2) is 0 Å². The molecule has 0 radical (unpaired) electrons. The Bertz CT molecular complexity index is 3030. The van der Waals surface area contributed by atoms with Gasteiger partial charge in [-0.05, 0) is 0 Å². The van der Waals surface area contributed by atoms with Crippen molar-refractivity contribution in [1.29, 1.82) is 0 Å². The van der Waals surface area contributed by atoms with Crippen LogP contribution < -0.4 is 47.7 Å². The number of phosphoric acid groups is 1. The van der Waals surface area contributed by atoms with E-state index in [1.54, 1.807) is 0 Å². The summed E-state index contributed by atoms with van der Waals surface area (Å²) in [6, 6.07) is 83.4. The predicted molar refractivity (Wildman–Crippen MR) is 340 cm³/mol. The Morgan fingerprint density at radius 1 is 0.273 bits per heavy atom. The predicted octanol–water partition coefficient (Wildman–Crippen LogP) is 14.7. The molecule has 0 bridgehead atoms. The molecule has 9 rings (SSSR count). The Balaban J connectivity index is 1.58.